The van der Waals surface area contributed by atoms with Crippen molar-refractivity contribution in [1.29, 1.82) is 0 Å². The standard InChI is InChI=1S/C13H8ClNO3S/c14-13-9-3-1-2-4-11(9)15-12-6-5-8(7-10(12)13)19(16,17)18/h1-7H,(H,16,17,18). The maximum atomic E-state index is 11.1. The van der Waals surface area contributed by atoms with Gasteiger partial charge in [-0.2, -0.15) is 8.42 Å². The molecule has 0 aliphatic rings. The van der Waals surface area contributed by atoms with Gasteiger partial charge >= 0.3 is 0 Å². The van der Waals surface area contributed by atoms with Gasteiger partial charge in [0, 0.05) is 10.8 Å². The summed E-state index contributed by atoms with van der Waals surface area (Å²) in [6.45, 7) is 0. The molecule has 4 nitrogen and oxygen atoms in total. The number of hydrogen-bond donors (Lipinski definition) is 1. The molecular formula is C13H8ClNO3S. The molecular weight excluding hydrogens is 286 g/mol. The molecule has 1 heterocycles. The SMILES string of the molecule is O=S(=O)(O)c1ccc2nc3ccccc3c(Cl)c2c1. The Morgan fingerprint density at radius 2 is 1.68 bits per heavy atom. The van der Waals surface area contributed by atoms with E-state index in [1.54, 1.807) is 0 Å². The van der Waals surface area contributed by atoms with Crippen molar-refractivity contribution in [2.75, 3.05) is 0 Å². The van der Waals surface area contributed by atoms with E-state index < -0.39 is 10.1 Å². The Morgan fingerprint density at radius 3 is 2.42 bits per heavy atom. The van der Waals surface area contributed by atoms with Gasteiger partial charge in [-0.1, -0.05) is 29.8 Å². The lowest BCUT2D eigenvalue weighted by molar-refractivity contribution is 0.483. The van der Waals surface area contributed by atoms with Gasteiger partial charge in [0.2, 0.25) is 0 Å². The van der Waals surface area contributed by atoms with Crippen molar-refractivity contribution in [2.45, 2.75) is 4.90 Å². The van der Waals surface area contributed by atoms with Crippen LogP contribution in [0.15, 0.2) is 47.4 Å². The molecule has 0 radical (unpaired) electrons. The van der Waals surface area contributed by atoms with Gasteiger partial charge in [0.15, 0.2) is 0 Å². The monoisotopic (exact) mass is 293 g/mol. The van der Waals surface area contributed by atoms with E-state index in [0.29, 0.717) is 15.9 Å². The predicted octanol–water partition coefficient (Wildman–Crippen LogP) is 3.29. The average Bonchev–Trinajstić information content (AvgIpc) is 2.37. The molecule has 3 aromatic rings. The van der Waals surface area contributed by atoms with Crippen LogP contribution in [-0.4, -0.2) is 18.0 Å². The van der Waals surface area contributed by atoms with E-state index in [9.17, 15) is 8.42 Å². The van der Waals surface area contributed by atoms with E-state index in [0.717, 1.165) is 10.9 Å². The van der Waals surface area contributed by atoms with E-state index in [-0.39, 0.29) is 4.90 Å². The molecule has 0 aliphatic heterocycles. The minimum absolute atomic E-state index is 0.195. The first kappa shape index (κ1) is 12.3. The molecule has 0 amide bonds. The van der Waals surface area contributed by atoms with Gasteiger partial charge in [-0.3, -0.25) is 4.55 Å². The highest BCUT2D eigenvalue weighted by molar-refractivity contribution is 7.85. The van der Waals surface area contributed by atoms with Gasteiger partial charge in [0.25, 0.3) is 10.1 Å². The van der Waals surface area contributed by atoms with Gasteiger partial charge < -0.3 is 0 Å². The minimum Gasteiger partial charge on any atom is -0.282 e. The molecule has 2 aromatic carbocycles. The zero-order valence-electron chi connectivity index (χ0n) is 9.54. The molecule has 0 unspecified atom stereocenters. The fraction of sp³-hybridized carbons (Fsp3) is 0. The van der Waals surface area contributed by atoms with Crippen molar-refractivity contribution in [2.24, 2.45) is 0 Å². The van der Waals surface area contributed by atoms with E-state index in [2.05, 4.69) is 4.98 Å². The van der Waals surface area contributed by atoms with Crippen LogP contribution in [0.2, 0.25) is 5.02 Å². The summed E-state index contributed by atoms with van der Waals surface area (Å²) in [5, 5.41) is 1.66. The van der Waals surface area contributed by atoms with Crippen LogP contribution in [-0.2, 0) is 10.1 Å². The summed E-state index contributed by atoms with van der Waals surface area (Å²) in [7, 11) is -4.25. The first-order valence-corrected chi connectivity index (χ1v) is 7.24. The second-order valence-corrected chi connectivity index (χ2v) is 5.90. The Kier molecular flexibility index (Phi) is 2.70. The number of fused-ring (bicyclic) bond motifs is 2. The molecule has 0 fully saturated rings. The number of hydrogen-bond acceptors (Lipinski definition) is 3. The number of pyridine rings is 1. The van der Waals surface area contributed by atoms with Gasteiger partial charge in [0.05, 0.1) is 21.0 Å². The topological polar surface area (TPSA) is 67.3 Å². The summed E-state index contributed by atoms with van der Waals surface area (Å²) in [6.07, 6.45) is 0. The third kappa shape index (κ3) is 2.06. The number of aromatic nitrogens is 1. The number of rotatable bonds is 1. The molecule has 1 N–H and O–H groups in total. The van der Waals surface area contributed by atoms with Gasteiger partial charge in [0.1, 0.15) is 0 Å². The second-order valence-electron chi connectivity index (χ2n) is 4.10. The molecule has 96 valence electrons. The van der Waals surface area contributed by atoms with Crippen molar-refractivity contribution in [3.63, 3.8) is 0 Å². The zero-order valence-corrected chi connectivity index (χ0v) is 11.1. The van der Waals surface area contributed by atoms with Crippen LogP contribution in [0.5, 0.6) is 0 Å². The highest BCUT2D eigenvalue weighted by Gasteiger charge is 2.13. The molecule has 0 spiro atoms. The molecule has 0 saturated heterocycles. The van der Waals surface area contributed by atoms with Crippen molar-refractivity contribution in [3.05, 3.63) is 47.5 Å². The van der Waals surface area contributed by atoms with Gasteiger partial charge in [-0.25, -0.2) is 4.98 Å². The highest BCUT2D eigenvalue weighted by Crippen LogP contribution is 2.31. The molecule has 3 rings (SSSR count). The fourth-order valence-electron chi connectivity index (χ4n) is 1.98. The summed E-state index contributed by atoms with van der Waals surface area (Å²) < 4.78 is 31.3. The number of nitrogens with zero attached hydrogens (tertiary/aromatic N) is 1. The Balaban J connectivity index is 2.46. The lowest BCUT2D eigenvalue weighted by Gasteiger charge is -2.06. The smallest absolute Gasteiger partial charge is 0.282 e. The number of para-hydroxylation sites is 1. The lowest BCUT2D eigenvalue weighted by Crippen LogP contribution is -1.98. The van der Waals surface area contributed by atoms with Gasteiger partial charge in [-0.05, 0) is 24.3 Å². The maximum absolute atomic E-state index is 11.1. The Bertz CT molecular complexity index is 906. The number of benzene rings is 2. The first-order chi connectivity index (χ1) is 8.97. The average molecular weight is 294 g/mol. The molecule has 0 atom stereocenters. The number of halogens is 1. The fourth-order valence-corrected chi connectivity index (χ4v) is 2.80. The summed E-state index contributed by atoms with van der Waals surface area (Å²) in [4.78, 5) is 4.21. The van der Waals surface area contributed by atoms with Gasteiger partial charge in [-0.15, -0.1) is 0 Å². The van der Waals surface area contributed by atoms with Crippen molar-refractivity contribution < 1.29 is 13.0 Å². The molecule has 0 aliphatic carbocycles. The summed E-state index contributed by atoms with van der Waals surface area (Å²) in [5.41, 5.74) is 1.32. The van der Waals surface area contributed by atoms with E-state index >= 15 is 0 Å². The quantitative estimate of drug-likeness (QED) is 0.552. The lowest BCUT2D eigenvalue weighted by atomic mass is 10.1. The molecule has 19 heavy (non-hydrogen) atoms. The third-order valence-electron chi connectivity index (χ3n) is 2.88. The Morgan fingerprint density at radius 1 is 1.00 bits per heavy atom. The molecule has 6 heteroatoms. The van der Waals surface area contributed by atoms with Crippen LogP contribution in [0, 0.1) is 0 Å². The Hall–Kier alpha value is -1.69. The van der Waals surface area contributed by atoms with Crippen molar-refractivity contribution in [3.8, 4) is 0 Å². The van der Waals surface area contributed by atoms with Crippen LogP contribution in [0.25, 0.3) is 21.8 Å². The summed E-state index contributed by atoms with van der Waals surface area (Å²) >= 11 is 6.28. The summed E-state index contributed by atoms with van der Waals surface area (Å²) in [5.74, 6) is 0. The zero-order chi connectivity index (χ0) is 13.6. The van der Waals surface area contributed by atoms with Crippen LogP contribution >= 0.6 is 11.6 Å². The van der Waals surface area contributed by atoms with Crippen LogP contribution in [0.1, 0.15) is 0 Å². The van der Waals surface area contributed by atoms with E-state index in [1.807, 2.05) is 24.3 Å². The van der Waals surface area contributed by atoms with E-state index in [4.69, 9.17) is 16.2 Å². The maximum Gasteiger partial charge on any atom is 0.294 e. The largest absolute Gasteiger partial charge is 0.294 e. The van der Waals surface area contributed by atoms with Crippen LogP contribution < -0.4 is 0 Å². The minimum atomic E-state index is -4.25. The second kappa shape index (κ2) is 4.16. The highest BCUT2D eigenvalue weighted by atomic mass is 35.5. The van der Waals surface area contributed by atoms with E-state index in [1.165, 1.54) is 18.2 Å². The summed E-state index contributed by atoms with van der Waals surface area (Å²) in [6, 6.07) is 11.5. The van der Waals surface area contributed by atoms with Crippen molar-refractivity contribution in [1.82, 2.24) is 4.98 Å². The molecule has 0 saturated carbocycles. The molecule has 1 aromatic heterocycles. The Labute approximate surface area is 114 Å². The van der Waals surface area contributed by atoms with Crippen molar-refractivity contribution >= 4 is 43.5 Å². The van der Waals surface area contributed by atoms with Crippen LogP contribution in [0.3, 0.4) is 0 Å². The normalized spacial score (nSPS) is 12.1. The molecule has 0 bridgehead atoms. The van der Waals surface area contributed by atoms with Crippen LogP contribution in [0.4, 0.5) is 0 Å². The third-order valence-corrected chi connectivity index (χ3v) is 4.14. The first-order valence-electron chi connectivity index (χ1n) is 5.42. The predicted molar refractivity (Wildman–Crippen MR) is 74.1 cm³/mol.